The van der Waals surface area contributed by atoms with Gasteiger partial charge >= 0.3 is 5.97 Å². The summed E-state index contributed by atoms with van der Waals surface area (Å²) in [6.07, 6.45) is 7.02. The summed E-state index contributed by atoms with van der Waals surface area (Å²) in [4.78, 5) is 12.0. The zero-order valence-corrected chi connectivity index (χ0v) is 12.5. The van der Waals surface area contributed by atoms with Gasteiger partial charge in [0.05, 0.1) is 7.11 Å². The maximum atomic E-state index is 12.0. The summed E-state index contributed by atoms with van der Waals surface area (Å²) in [5.74, 6) is 0.516. The molecule has 0 unspecified atom stereocenters. The Hall–Kier alpha value is -1.51. The fraction of sp³-hybridized carbons (Fsp3) is 0.588. The summed E-state index contributed by atoms with van der Waals surface area (Å²) in [5.41, 5.74) is 0.553. The number of rotatable bonds is 6. The molecule has 1 aliphatic carbocycles. The number of ether oxygens (including phenoxy) is 2. The molecule has 110 valence electrons. The van der Waals surface area contributed by atoms with Gasteiger partial charge in [-0.3, -0.25) is 0 Å². The highest BCUT2D eigenvalue weighted by Gasteiger charge is 2.44. The average molecular weight is 276 g/mol. The van der Waals surface area contributed by atoms with Crippen LogP contribution in [0.2, 0.25) is 0 Å². The second-order valence-electron chi connectivity index (χ2n) is 5.54. The lowest BCUT2D eigenvalue weighted by molar-refractivity contribution is -0.158. The number of methoxy groups -OCH3 is 1. The van der Waals surface area contributed by atoms with Gasteiger partial charge in [0.25, 0.3) is 0 Å². The Morgan fingerprint density at radius 2 is 1.85 bits per heavy atom. The molecule has 0 amide bonds. The van der Waals surface area contributed by atoms with Crippen LogP contribution in [-0.2, 0) is 16.0 Å². The van der Waals surface area contributed by atoms with Gasteiger partial charge in [-0.05, 0) is 56.2 Å². The van der Waals surface area contributed by atoms with Gasteiger partial charge in [-0.25, -0.2) is 4.79 Å². The monoisotopic (exact) mass is 276 g/mol. The van der Waals surface area contributed by atoms with Crippen LogP contribution >= 0.6 is 0 Å². The number of hydrogen-bond acceptors (Lipinski definition) is 3. The molecule has 1 aliphatic rings. The minimum Gasteiger partial charge on any atom is -0.476 e. The highest BCUT2D eigenvalue weighted by atomic mass is 16.6. The molecule has 20 heavy (non-hydrogen) atoms. The smallest absolute Gasteiger partial charge is 0.350 e. The first kappa shape index (κ1) is 14.9. The van der Waals surface area contributed by atoms with Crippen molar-refractivity contribution in [2.45, 2.75) is 57.5 Å². The molecule has 0 aromatic heterocycles. The van der Waals surface area contributed by atoms with Crippen LogP contribution in [0.4, 0.5) is 0 Å². The zero-order valence-electron chi connectivity index (χ0n) is 12.5. The Morgan fingerprint density at radius 3 is 2.40 bits per heavy atom. The van der Waals surface area contributed by atoms with Crippen LogP contribution in [0.15, 0.2) is 24.3 Å². The number of hydrogen-bond donors (Lipinski definition) is 0. The van der Waals surface area contributed by atoms with E-state index >= 15 is 0 Å². The van der Waals surface area contributed by atoms with Crippen molar-refractivity contribution in [2.75, 3.05) is 7.11 Å². The quantitative estimate of drug-likeness (QED) is 0.739. The van der Waals surface area contributed by atoms with Gasteiger partial charge in [-0.2, -0.15) is 0 Å². The van der Waals surface area contributed by atoms with Crippen molar-refractivity contribution in [2.24, 2.45) is 0 Å². The molecule has 1 fully saturated rings. The molecule has 0 heterocycles. The van der Waals surface area contributed by atoms with E-state index in [2.05, 4.69) is 19.1 Å². The predicted molar refractivity (Wildman–Crippen MR) is 78.9 cm³/mol. The Kier molecular flexibility index (Phi) is 5.05. The van der Waals surface area contributed by atoms with Gasteiger partial charge in [0, 0.05) is 0 Å². The SMILES string of the molecule is CCCCc1ccc(OC2(C(=O)OC)CCCC2)cc1. The summed E-state index contributed by atoms with van der Waals surface area (Å²) >= 11 is 0. The minimum atomic E-state index is -0.764. The van der Waals surface area contributed by atoms with Crippen molar-refractivity contribution in [3.63, 3.8) is 0 Å². The molecule has 3 heteroatoms. The lowest BCUT2D eigenvalue weighted by Gasteiger charge is -2.27. The van der Waals surface area contributed by atoms with Gasteiger partial charge < -0.3 is 9.47 Å². The molecular weight excluding hydrogens is 252 g/mol. The van der Waals surface area contributed by atoms with Crippen molar-refractivity contribution >= 4 is 5.97 Å². The summed E-state index contributed by atoms with van der Waals surface area (Å²) in [5, 5.41) is 0. The molecule has 2 rings (SSSR count). The number of unbranched alkanes of at least 4 members (excludes halogenated alkanes) is 1. The largest absolute Gasteiger partial charge is 0.476 e. The lowest BCUT2D eigenvalue weighted by atomic mass is 10.0. The molecule has 3 nitrogen and oxygen atoms in total. The fourth-order valence-corrected chi connectivity index (χ4v) is 2.81. The second kappa shape index (κ2) is 6.78. The summed E-state index contributed by atoms with van der Waals surface area (Å²) in [6, 6.07) is 8.11. The maximum Gasteiger partial charge on any atom is 0.350 e. The van der Waals surface area contributed by atoms with E-state index in [-0.39, 0.29) is 5.97 Å². The van der Waals surface area contributed by atoms with Gasteiger partial charge in [0.1, 0.15) is 5.75 Å². The highest BCUT2D eigenvalue weighted by Crippen LogP contribution is 2.35. The number of carbonyl (C=O) groups is 1. The molecular formula is C17H24O3. The first-order valence-electron chi connectivity index (χ1n) is 7.56. The number of aryl methyl sites for hydroxylation is 1. The molecule has 1 saturated carbocycles. The molecule has 0 bridgehead atoms. The number of benzene rings is 1. The van der Waals surface area contributed by atoms with E-state index in [9.17, 15) is 4.79 Å². The van der Waals surface area contributed by atoms with Gasteiger partial charge in [0.15, 0.2) is 0 Å². The van der Waals surface area contributed by atoms with Crippen molar-refractivity contribution in [1.82, 2.24) is 0 Å². The number of carbonyl (C=O) groups excluding carboxylic acids is 1. The molecule has 0 saturated heterocycles. The van der Waals surface area contributed by atoms with Crippen LogP contribution < -0.4 is 4.74 Å². The van der Waals surface area contributed by atoms with Crippen LogP contribution in [0.5, 0.6) is 5.75 Å². The highest BCUT2D eigenvalue weighted by molar-refractivity contribution is 5.80. The van der Waals surface area contributed by atoms with E-state index in [0.717, 1.165) is 37.9 Å². The Labute approximate surface area is 121 Å². The Bertz CT molecular complexity index is 430. The third-order valence-electron chi connectivity index (χ3n) is 4.02. The summed E-state index contributed by atoms with van der Waals surface area (Å²) < 4.78 is 10.9. The van der Waals surface area contributed by atoms with E-state index in [4.69, 9.17) is 9.47 Å². The minimum absolute atomic E-state index is 0.245. The van der Waals surface area contributed by atoms with Crippen LogP contribution in [0, 0.1) is 0 Å². The van der Waals surface area contributed by atoms with E-state index < -0.39 is 5.60 Å². The van der Waals surface area contributed by atoms with Gasteiger partial charge in [-0.15, -0.1) is 0 Å². The van der Waals surface area contributed by atoms with Crippen molar-refractivity contribution in [1.29, 1.82) is 0 Å². The van der Waals surface area contributed by atoms with Crippen LogP contribution in [-0.4, -0.2) is 18.7 Å². The van der Waals surface area contributed by atoms with Crippen LogP contribution in [0.3, 0.4) is 0 Å². The third-order valence-corrected chi connectivity index (χ3v) is 4.02. The average Bonchev–Trinajstić information content (AvgIpc) is 2.95. The van der Waals surface area contributed by atoms with Crippen LogP contribution in [0.25, 0.3) is 0 Å². The molecule has 1 aromatic carbocycles. The first-order chi connectivity index (χ1) is 9.70. The molecule has 0 N–H and O–H groups in total. The van der Waals surface area contributed by atoms with Gasteiger partial charge in [0.2, 0.25) is 5.60 Å². The standard InChI is InChI=1S/C17H24O3/c1-3-4-7-14-8-10-15(11-9-14)20-17(16(18)19-2)12-5-6-13-17/h8-11H,3-7,12-13H2,1-2H3. The maximum absolute atomic E-state index is 12.0. The lowest BCUT2D eigenvalue weighted by Crippen LogP contribution is -2.42. The second-order valence-corrected chi connectivity index (χ2v) is 5.54. The van der Waals surface area contributed by atoms with E-state index in [1.54, 1.807) is 0 Å². The molecule has 0 atom stereocenters. The molecule has 0 radical (unpaired) electrons. The molecule has 0 aliphatic heterocycles. The first-order valence-corrected chi connectivity index (χ1v) is 7.56. The van der Waals surface area contributed by atoms with Crippen molar-refractivity contribution in [3.05, 3.63) is 29.8 Å². The Morgan fingerprint density at radius 1 is 1.20 bits per heavy atom. The van der Waals surface area contributed by atoms with Crippen molar-refractivity contribution in [3.8, 4) is 5.75 Å². The topological polar surface area (TPSA) is 35.5 Å². The van der Waals surface area contributed by atoms with Gasteiger partial charge in [-0.1, -0.05) is 25.5 Å². The summed E-state index contributed by atoms with van der Waals surface area (Å²) in [7, 11) is 1.43. The van der Waals surface area contributed by atoms with Crippen molar-refractivity contribution < 1.29 is 14.3 Å². The number of esters is 1. The van der Waals surface area contributed by atoms with Crippen LogP contribution in [0.1, 0.15) is 51.0 Å². The third kappa shape index (κ3) is 3.33. The zero-order chi connectivity index (χ0) is 14.4. The predicted octanol–water partition coefficient (Wildman–Crippen LogP) is 3.89. The van der Waals surface area contributed by atoms with E-state index in [1.165, 1.54) is 25.5 Å². The Balaban J connectivity index is 2.05. The normalized spacial score (nSPS) is 16.9. The summed E-state index contributed by atoms with van der Waals surface area (Å²) in [6.45, 7) is 2.19. The van der Waals surface area contributed by atoms with E-state index in [1.807, 2.05) is 12.1 Å². The van der Waals surface area contributed by atoms with E-state index in [0.29, 0.717) is 0 Å². The molecule has 1 aromatic rings. The molecule has 0 spiro atoms. The fourth-order valence-electron chi connectivity index (χ4n) is 2.81.